The zero-order valence-corrected chi connectivity index (χ0v) is 18.7. The Kier molecular flexibility index (Phi) is 5.94. The van der Waals surface area contributed by atoms with Crippen LogP contribution in [0.3, 0.4) is 0 Å². The number of nitrogens with one attached hydrogen (secondary N) is 2. The lowest BCUT2D eigenvalue weighted by Gasteiger charge is -2.51. The molecule has 2 aliphatic rings. The fourth-order valence-corrected chi connectivity index (χ4v) is 4.23. The molecule has 0 radical (unpaired) electrons. The molecule has 5 rings (SSSR count). The number of anilines is 1. The molecule has 3 aromatic rings. The number of benzene rings is 2. The summed E-state index contributed by atoms with van der Waals surface area (Å²) in [5.41, 5.74) is -0.0377. The second kappa shape index (κ2) is 9.05. The van der Waals surface area contributed by atoms with Gasteiger partial charge in [0.25, 0.3) is 0 Å². The van der Waals surface area contributed by atoms with Gasteiger partial charge >= 0.3 is 6.09 Å². The molecule has 0 saturated carbocycles. The number of rotatable bonds is 7. The molecule has 0 bridgehead atoms. The van der Waals surface area contributed by atoms with Crippen molar-refractivity contribution < 1.29 is 27.8 Å². The molecule has 2 N–H and O–H groups in total. The van der Waals surface area contributed by atoms with Gasteiger partial charge in [-0.3, -0.25) is 4.90 Å². The first kappa shape index (κ1) is 22.3. The van der Waals surface area contributed by atoms with E-state index in [0.717, 1.165) is 12.1 Å². The molecule has 1 spiro atoms. The van der Waals surface area contributed by atoms with Crippen LogP contribution in [0.2, 0.25) is 0 Å². The molecule has 34 heavy (non-hydrogen) atoms. The molecule has 1 aromatic heterocycles. The van der Waals surface area contributed by atoms with Crippen molar-refractivity contribution in [3.05, 3.63) is 71.4 Å². The highest BCUT2D eigenvalue weighted by Crippen LogP contribution is 2.47. The van der Waals surface area contributed by atoms with Gasteiger partial charge in [-0.25, -0.2) is 18.3 Å². The fraction of sp³-hybridized carbons (Fsp3) is 0.227. The van der Waals surface area contributed by atoms with E-state index >= 15 is 8.78 Å². The fourth-order valence-electron chi connectivity index (χ4n) is 3.86. The molecule has 1 saturated heterocycles. The maximum Gasteiger partial charge on any atom is 0.416 e. The Morgan fingerprint density at radius 1 is 1.24 bits per heavy atom. The number of carbonyl (C=O) groups is 1. The molecular weight excluding hydrogens is 468 g/mol. The van der Waals surface area contributed by atoms with E-state index in [1.165, 1.54) is 29.3 Å². The third kappa shape index (κ3) is 3.89. The molecule has 176 valence electrons. The second-order valence-electron chi connectivity index (χ2n) is 7.61. The predicted octanol–water partition coefficient (Wildman–Crippen LogP) is 3.98. The lowest BCUT2D eigenvalue weighted by atomic mass is 9.84. The summed E-state index contributed by atoms with van der Waals surface area (Å²) in [6.45, 7) is 0.148. The molecule has 12 heteroatoms. The maximum atomic E-state index is 15.1. The number of nitrogens with zero attached hydrogens (tertiary/aromatic N) is 3. The van der Waals surface area contributed by atoms with Crippen LogP contribution in [0.4, 0.5) is 19.3 Å². The largest absolute Gasteiger partial charge is 0.434 e. The van der Waals surface area contributed by atoms with E-state index in [1.807, 2.05) is 0 Å². The van der Waals surface area contributed by atoms with Crippen LogP contribution in [0.1, 0.15) is 11.1 Å². The van der Waals surface area contributed by atoms with E-state index in [-0.39, 0.29) is 48.4 Å². The van der Waals surface area contributed by atoms with E-state index in [1.54, 1.807) is 31.3 Å². The van der Waals surface area contributed by atoms with E-state index < -0.39 is 23.3 Å². The van der Waals surface area contributed by atoms with Gasteiger partial charge in [-0.05, 0) is 25.2 Å². The Bertz CT molecular complexity index is 1230. The third-order valence-electron chi connectivity index (χ3n) is 5.58. The summed E-state index contributed by atoms with van der Waals surface area (Å²) in [7, 11) is 1.70. The predicted molar refractivity (Wildman–Crippen MR) is 119 cm³/mol. The van der Waals surface area contributed by atoms with Crippen LogP contribution in [0.25, 0.3) is 0 Å². The number of fused-ring (bicyclic) bond motifs is 2. The Morgan fingerprint density at radius 3 is 2.79 bits per heavy atom. The summed E-state index contributed by atoms with van der Waals surface area (Å²) in [5, 5.41) is 7.46. The van der Waals surface area contributed by atoms with Crippen molar-refractivity contribution in [2.45, 2.75) is 12.1 Å². The first-order chi connectivity index (χ1) is 16.5. The standard InChI is InChI=1S/C22H19F2N5O4S/c1-25-34-28-16-5-2-4-13(20(16)24)10-29-21(30)33-17-9-18(32-19-6-3-7-26-27-19)15(23)8-14(17)22(29)11-31-12-22/h2-9,25,28H,10-12H2,1H3. The number of hydrogen-bond acceptors (Lipinski definition) is 9. The minimum absolute atomic E-state index is 0.0900. The van der Waals surface area contributed by atoms with Crippen molar-refractivity contribution in [1.29, 1.82) is 0 Å². The Hall–Kier alpha value is -3.48. The van der Waals surface area contributed by atoms with Crippen LogP contribution in [0.5, 0.6) is 17.4 Å². The average molecular weight is 487 g/mol. The van der Waals surface area contributed by atoms with Gasteiger partial charge in [-0.1, -0.05) is 12.1 Å². The molecule has 9 nitrogen and oxygen atoms in total. The molecular formula is C22H19F2N5O4S. The van der Waals surface area contributed by atoms with E-state index in [4.69, 9.17) is 14.2 Å². The van der Waals surface area contributed by atoms with Crippen LogP contribution < -0.4 is 18.9 Å². The molecule has 1 amide bonds. The van der Waals surface area contributed by atoms with Crippen molar-refractivity contribution in [3.63, 3.8) is 0 Å². The summed E-state index contributed by atoms with van der Waals surface area (Å²) in [6.07, 6.45) is 0.760. The van der Waals surface area contributed by atoms with Crippen LogP contribution >= 0.6 is 12.1 Å². The lowest BCUT2D eigenvalue weighted by Crippen LogP contribution is -2.63. The van der Waals surface area contributed by atoms with E-state index in [2.05, 4.69) is 19.6 Å². The van der Waals surface area contributed by atoms with Crippen LogP contribution in [-0.4, -0.2) is 41.5 Å². The van der Waals surface area contributed by atoms with Gasteiger partial charge < -0.3 is 18.9 Å². The Morgan fingerprint density at radius 2 is 2.09 bits per heavy atom. The van der Waals surface area contributed by atoms with Crippen molar-refractivity contribution in [1.82, 2.24) is 19.8 Å². The number of hydrogen-bond donors (Lipinski definition) is 2. The van der Waals surface area contributed by atoms with E-state index in [0.29, 0.717) is 5.56 Å². The van der Waals surface area contributed by atoms with Gasteiger partial charge in [0.05, 0.1) is 25.4 Å². The van der Waals surface area contributed by atoms with Crippen molar-refractivity contribution in [3.8, 4) is 17.4 Å². The zero-order valence-electron chi connectivity index (χ0n) is 17.9. The molecule has 0 atom stereocenters. The Balaban J connectivity index is 1.47. The molecule has 1 fully saturated rings. The quantitative estimate of drug-likeness (QED) is 0.480. The highest BCUT2D eigenvalue weighted by molar-refractivity contribution is 7.98. The topological polar surface area (TPSA) is 97.8 Å². The summed E-state index contributed by atoms with van der Waals surface area (Å²) in [5.74, 6) is -1.10. The summed E-state index contributed by atoms with van der Waals surface area (Å²) >= 11 is 1.11. The SMILES string of the molecule is CNSNc1cccc(CN2C(=O)Oc3cc(Oc4cccnn4)c(F)cc3C23COC3)c1F. The van der Waals surface area contributed by atoms with Gasteiger partial charge in [-0.15, -0.1) is 5.10 Å². The van der Waals surface area contributed by atoms with Crippen LogP contribution in [0, 0.1) is 11.6 Å². The normalized spacial score (nSPS) is 16.0. The highest BCUT2D eigenvalue weighted by atomic mass is 32.2. The van der Waals surface area contributed by atoms with Crippen molar-refractivity contribution >= 4 is 23.9 Å². The number of carbonyl (C=O) groups excluding carboxylic acids is 1. The smallest absolute Gasteiger partial charge is 0.416 e. The molecule has 0 unspecified atom stereocenters. The van der Waals surface area contributed by atoms with Crippen molar-refractivity contribution in [2.24, 2.45) is 0 Å². The third-order valence-corrected chi connectivity index (χ3v) is 6.11. The highest BCUT2D eigenvalue weighted by Gasteiger charge is 2.54. The molecule has 2 aromatic carbocycles. The minimum atomic E-state index is -0.994. The van der Waals surface area contributed by atoms with Crippen LogP contribution in [-0.2, 0) is 16.8 Å². The monoisotopic (exact) mass is 487 g/mol. The van der Waals surface area contributed by atoms with Crippen LogP contribution in [0.15, 0.2) is 48.7 Å². The van der Waals surface area contributed by atoms with Crippen molar-refractivity contribution in [2.75, 3.05) is 25.0 Å². The maximum absolute atomic E-state index is 15.1. The minimum Gasteiger partial charge on any atom is -0.434 e. The first-order valence-electron chi connectivity index (χ1n) is 10.2. The molecule has 3 heterocycles. The number of halogens is 2. The summed E-state index contributed by atoms with van der Waals surface area (Å²) in [6, 6.07) is 10.5. The summed E-state index contributed by atoms with van der Waals surface area (Å²) in [4.78, 5) is 14.4. The van der Waals surface area contributed by atoms with Gasteiger partial charge in [-0.2, -0.15) is 5.10 Å². The summed E-state index contributed by atoms with van der Waals surface area (Å²) < 4.78 is 52.1. The molecule has 2 aliphatic heterocycles. The van der Waals surface area contributed by atoms with E-state index in [9.17, 15) is 4.79 Å². The average Bonchev–Trinajstić information content (AvgIpc) is 2.80. The first-order valence-corrected chi connectivity index (χ1v) is 11.1. The number of amides is 1. The number of aromatic nitrogens is 2. The lowest BCUT2D eigenvalue weighted by molar-refractivity contribution is -0.143. The Labute approximate surface area is 197 Å². The zero-order chi connectivity index (χ0) is 23.7. The van der Waals surface area contributed by atoms with Gasteiger partial charge in [0.15, 0.2) is 17.4 Å². The van der Waals surface area contributed by atoms with Gasteiger partial charge in [0, 0.05) is 41.6 Å². The second-order valence-corrected chi connectivity index (χ2v) is 8.42. The number of ether oxygens (including phenoxy) is 3. The van der Waals surface area contributed by atoms with Gasteiger partial charge in [0.1, 0.15) is 11.3 Å². The molecule has 0 aliphatic carbocycles. The van der Waals surface area contributed by atoms with Gasteiger partial charge in [0.2, 0.25) is 5.88 Å².